The molecule has 7 heteroatoms. The molecule has 1 N–H and O–H groups in total. The van der Waals surface area contributed by atoms with E-state index < -0.39 is 18.0 Å². The number of hydrogen-bond donors (Lipinski definition) is 1. The van der Waals surface area contributed by atoms with Crippen molar-refractivity contribution in [3.8, 4) is 5.75 Å². The number of aryl methyl sites for hydroxylation is 1. The summed E-state index contributed by atoms with van der Waals surface area (Å²) in [6, 6.07) is 12.8. The molecule has 1 amide bonds. The number of carbonyl (C=O) groups excluding carboxylic acids is 2. The molecule has 144 valence electrons. The fourth-order valence-corrected chi connectivity index (χ4v) is 3.21. The molecule has 1 atom stereocenters. The Morgan fingerprint density at radius 2 is 1.89 bits per heavy atom. The lowest BCUT2D eigenvalue weighted by molar-refractivity contribution is -0.152. The van der Waals surface area contributed by atoms with Crippen molar-refractivity contribution in [3.05, 3.63) is 53.1 Å². The van der Waals surface area contributed by atoms with Gasteiger partial charge in [0.15, 0.2) is 6.10 Å². The number of amides is 1. The van der Waals surface area contributed by atoms with Gasteiger partial charge < -0.3 is 14.8 Å². The molecule has 0 bridgehead atoms. The Morgan fingerprint density at radius 1 is 1.19 bits per heavy atom. The first kappa shape index (κ1) is 21.1. The number of ether oxygens (including phenoxy) is 2. The zero-order chi connectivity index (χ0) is 19.8. The first-order valence-corrected chi connectivity index (χ1v) is 9.78. The van der Waals surface area contributed by atoms with E-state index in [1.807, 2.05) is 25.1 Å². The molecule has 0 saturated carbocycles. The van der Waals surface area contributed by atoms with Gasteiger partial charge in [-0.25, -0.2) is 0 Å². The molecule has 0 fully saturated rings. The number of thioether (sulfide) groups is 1. The maximum absolute atomic E-state index is 12.3. The summed E-state index contributed by atoms with van der Waals surface area (Å²) in [5.41, 5.74) is 1.53. The normalized spacial score (nSPS) is 11.6. The molecule has 0 radical (unpaired) electrons. The number of nitrogens with one attached hydrogen (secondary N) is 1. The van der Waals surface area contributed by atoms with E-state index in [0.29, 0.717) is 22.2 Å². The van der Waals surface area contributed by atoms with E-state index >= 15 is 0 Å². The molecule has 5 nitrogen and oxygen atoms in total. The lowest BCUT2D eigenvalue weighted by Crippen LogP contribution is -2.30. The SMILES string of the molecule is COc1ccc(C)cc1NC(=O)[C@@H](C)OC(=O)CCSc1ccc(Cl)cc1. The van der Waals surface area contributed by atoms with Crippen LogP contribution in [0.4, 0.5) is 5.69 Å². The molecule has 0 aliphatic carbocycles. The van der Waals surface area contributed by atoms with Crippen molar-refractivity contribution in [2.24, 2.45) is 0 Å². The molecular weight excluding hydrogens is 386 g/mol. The van der Waals surface area contributed by atoms with E-state index in [-0.39, 0.29) is 6.42 Å². The van der Waals surface area contributed by atoms with Gasteiger partial charge in [0, 0.05) is 15.7 Å². The molecule has 0 spiro atoms. The molecule has 0 aromatic heterocycles. The Bertz CT molecular complexity index is 795. The standard InChI is InChI=1S/C20H22ClNO4S/c1-13-4-9-18(25-3)17(12-13)22-20(24)14(2)26-19(23)10-11-27-16-7-5-15(21)6-8-16/h4-9,12,14H,10-11H2,1-3H3,(H,22,24)/t14-/m1/s1. The molecule has 0 saturated heterocycles. The fraction of sp³-hybridized carbons (Fsp3) is 0.300. The average molecular weight is 408 g/mol. The second-order valence-corrected chi connectivity index (χ2v) is 7.48. The quantitative estimate of drug-likeness (QED) is 0.507. The number of hydrogen-bond acceptors (Lipinski definition) is 5. The van der Waals surface area contributed by atoms with E-state index in [1.165, 1.54) is 18.9 Å². The van der Waals surface area contributed by atoms with Crippen LogP contribution < -0.4 is 10.1 Å². The molecule has 0 heterocycles. The van der Waals surface area contributed by atoms with Crippen LogP contribution >= 0.6 is 23.4 Å². The van der Waals surface area contributed by atoms with Crippen LogP contribution in [0.5, 0.6) is 5.75 Å². The van der Waals surface area contributed by atoms with Crippen LogP contribution in [0.2, 0.25) is 5.02 Å². The zero-order valence-electron chi connectivity index (χ0n) is 15.5. The van der Waals surface area contributed by atoms with Crippen molar-refractivity contribution < 1.29 is 19.1 Å². The number of rotatable bonds is 8. The van der Waals surface area contributed by atoms with E-state index in [9.17, 15) is 9.59 Å². The van der Waals surface area contributed by atoms with Gasteiger partial charge in [-0.2, -0.15) is 0 Å². The van der Waals surface area contributed by atoms with Gasteiger partial charge in [-0.05, 0) is 55.8 Å². The topological polar surface area (TPSA) is 64.6 Å². The number of esters is 1. The van der Waals surface area contributed by atoms with Crippen LogP contribution in [-0.2, 0) is 14.3 Å². The summed E-state index contributed by atoms with van der Waals surface area (Å²) in [5, 5.41) is 3.41. The maximum atomic E-state index is 12.3. The minimum Gasteiger partial charge on any atom is -0.495 e. The number of halogens is 1. The monoisotopic (exact) mass is 407 g/mol. The summed E-state index contributed by atoms with van der Waals surface area (Å²) in [4.78, 5) is 25.3. The lowest BCUT2D eigenvalue weighted by atomic mass is 10.2. The first-order chi connectivity index (χ1) is 12.9. The number of benzene rings is 2. The predicted molar refractivity (Wildman–Crippen MR) is 109 cm³/mol. The van der Waals surface area contributed by atoms with Crippen molar-refractivity contribution in [2.75, 3.05) is 18.2 Å². The van der Waals surface area contributed by atoms with Crippen molar-refractivity contribution in [2.45, 2.75) is 31.3 Å². The highest BCUT2D eigenvalue weighted by Gasteiger charge is 2.19. The second kappa shape index (κ2) is 10.2. The van der Waals surface area contributed by atoms with Gasteiger partial charge in [0.25, 0.3) is 5.91 Å². The van der Waals surface area contributed by atoms with Gasteiger partial charge in [0.1, 0.15) is 5.75 Å². The van der Waals surface area contributed by atoms with E-state index in [1.54, 1.807) is 31.2 Å². The van der Waals surface area contributed by atoms with Crippen LogP contribution in [0.1, 0.15) is 18.9 Å². The minimum absolute atomic E-state index is 0.207. The van der Waals surface area contributed by atoms with Crippen LogP contribution in [0, 0.1) is 6.92 Å². The van der Waals surface area contributed by atoms with Crippen molar-refractivity contribution in [1.29, 1.82) is 0 Å². The van der Waals surface area contributed by atoms with E-state index in [2.05, 4.69) is 5.32 Å². The molecule has 0 aliphatic rings. The van der Waals surface area contributed by atoms with Crippen molar-refractivity contribution in [3.63, 3.8) is 0 Å². The number of anilines is 1. The lowest BCUT2D eigenvalue weighted by Gasteiger charge is -2.15. The predicted octanol–water partition coefficient (Wildman–Crippen LogP) is 4.71. The van der Waals surface area contributed by atoms with Gasteiger partial charge >= 0.3 is 5.97 Å². The summed E-state index contributed by atoms with van der Waals surface area (Å²) in [5.74, 6) is 0.278. The van der Waals surface area contributed by atoms with Crippen LogP contribution in [0.3, 0.4) is 0 Å². The molecule has 0 aliphatic heterocycles. The first-order valence-electron chi connectivity index (χ1n) is 8.42. The smallest absolute Gasteiger partial charge is 0.307 e. The van der Waals surface area contributed by atoms with E-state index in [4.69, 9.17) is 21.1 Å². The highest BCUT2D eigenvalue weighted by atomic mass is 35.5. The van der Waals surface area contributed by atoms with Gasteiger partial charge in [-0.15, -0.1) is 11.8 Å². The summed E-state index contributed by atoms with van der Waals surface area (Å²) >= 11 is 7.37. The third kappa shape index (κ3) is 6.81. The third-order valence-electron chi connectivity index (χ3n) is 3.68. The fourth-order valence-electron chi connectivity index (χ4n) is 2.25. The highest BCUT2D eigenvalue weighted by molar-refractivity contribution is 7.99. The Labute approximate surface area is 168 Å². The second-order valence-electron chi connectivity index (χ2n) is 5.88. The van der Waals surface area contributed by atoms with Crippen LogP contribution in [0.25, 0.3) is 0 Å². The summed E-state index contributed by atoms with van der Waals surface area (Å²) in [6.07, 6.45) is -0.693. The van der Waals surface area contributed by atoms with Gasteiger partial charge in [-0.3, -0.25) is 9.59 Å². The van der Waals surface area contributed by atoms with Crippen LogP contribution in [-0.4, -0.2) is 30.8 Å². The number of carbonyl (C=O) groups is 2. The minimum atomic E-state index is -0.900. The van der Waals surface area contributed by atoms with Gasteiger partial charge in [-0.1, -0.05) is 17.7 Å². The Morgan fingerprint density at radius 3 is 2.56 bits per heavy atom. The zero-order valence-corrected chi connectivity index (χ0v) is 17.0. The molecule has 2 aromatic rings. The summed E-state index contributed by atoms with van der Waals surface area (Å²) in [6.45, 7) is 3.46. The van der Waals surface area contributed by atoms with Crippen molar-refractivity contribution in [1.82, 2.24) is 0 Å². The van der Waals surface area contributed by atoms with Gasteiger partial charge in [0.2, 0.25) is 0 Å². The van der Waals surface area contributed by atoms with Crippen molar-refractivity contribution >= 4 is 40.9 Å². The largest absolute Gasteiger partial charge is 0.495 e. The van der Waals surface area contributed by atoms with E-state index in [0.717, 1.165) is 10.5 Å². The molecular formula is C20H22ClNO4S. The molecule has 0 unspecified atom stereocenters. The maximum Gasteiger partial charge on any atom is 0.307 e. The Kier molecular flexibility index (Phi) is 8.00. The summed E-state index contributed by atoms with van der Waals surface area (Å²) in [7, 11) is 1.53. The average Bonchev–Trinajstić information content (AvgIpc) is 2.63. The Balaban J connectivity index is 1.80. The third-order valence-corrected chi connectivity index (χ3v) is 4.94. The molecule has 27 heavy (non-hydrogen) atoms. The van der Waals surface area contributed by atoms with Gasteiger partial charge in [0.05, 0.1) is 19.2 Å². The molecule has 2 aromatic carbocycles. The number of methoxy groups -OCH3 is 1. The highest BCUT2D eigenvalue weighted by Crippen LogP contribution is 2.25. The Hall–Kier alpha value is -2.18. The van der Waals surface area contributed by atoms with Crippen LogP contribution in [0.15, 0.2) is 47.4 Å². The summed E-state index contributed by atoms with van der Waals surface area (Å²) < 4.78 is 10.4. The molecule has 2 rings (SSSR count).